The number of amides is 2. The minimum Gasteiger partial charge on any atom is -0.322 e. The summed E-state index contributed by atoms with van der Waals surface area (Å²) in [5.74, 6) is -0.771. The second-order valence-corrected chi connectivity index (χ2v) is 6.99. The van der Waals surface area contributed by atoms with Crippen LogP contribution in [0.5, 0.6) is 0 Å². The number of carbonyl (C=O) groups is 2. The van der Waals surface area contributed by atoms with Gasteiger partial charge in [-0.3, -0.25) is 15.0 Å². The molecule has 0 fully saturated rings. The summed E-state index contributed by atoms with van der Waals surface area (Å²) in [6.07, 6.45) is -4.43. The number of benzene rings is 3. The highest BCUT2D eigenvalue weighted by Gasteiger charge is 2.30. The number of nitrogens with zero attached hydrogens (tertiary/aromatic N) is 1. The third kappa shape index (κ3) is 5.49. The first-order valence-corrected chi connectivity index (χ1v) is 9.31. The first-order chi connectivity index (χ1) is 14.6. The van der Waals surface area contributed by atoms with Crippen LogP contribution in [0.15, 0.2) is 72.8 Å². The molecule has 0 heterocycles. The van der Waals surface area contributed by atoms with Gasteiger partial charge in [0.15, 0.2) is 0 Å². The second kappa shape index (κ2) is 9.01. The zero-order valence-corrected chi connectivity index (χ0v) is 16.8. The Morgan fingerprint density at radius 2 is 1.52 bits per heavy atom. The molecule has 0 atom stereocenters. The van der Waals surface area contributed by atoms with Crippen LogP contribution in [-0.4, -0.2) is 30.9 Å². The van der Waals surface area contributed by atoms with Crippen molar-refractivity contribution in [2.24, 2.45) is 0 Å². The smallest absolute Gasteiger partial charge is 0.322 e. The van der Waals surface area contributed by atoms with Crippen LogP contribution in [0, 0.1) is 0 Å². The topological polar surface area (TPSA) is 61.4 Å². The summed E-state index contributed by atoms with van der Waals surface area (Å²) >= 11 is 0. The molecular formula is C23H20F3N3O2. The number of halogens is 3. The number of nitrogens with one attached hydrogen (secondary N) is 2. The van der Waals surface area contributed by atoms with Gasteiger partial charge in [-0.2, -0.15) is 13.2 Å². The zero-order chi connectivity index (χ0) is 22.6. The Balaban J connectivity index is 1.85. The molecule has 160 valence electrons. The van der Waals surface area contributed by atoms with Gasteiger partial charge in [0.25, 0.3) is 11.8 Å². The first-order valence-electron chi connectivity index (χ1n) is 9.31. The van der Waals surface area contributed by atoms with Crippen molar-refractivity contribution in [2.45, 2.75) is 6.18 Å². The number of carbonyl (C=O) groups excluding carboxylic acids is 2. The van der Waals surface area contributed by atoms with Crippen LogP contribution in [0.2, 0.25) is 0 Å². The minimum atomic E-state index is -4.43. The van der Waals surface area contributed by atoms with Crippen molar-refractivity contribution in [3.05, 3.63) is 89.5 Å². The van der Waals surface area contributed by atoms with Gasteiger partial charge in [-0.25, -0.2) is 5.01 Å². The minimum absolute atomic E-state index is 0.297. The van der Waals surface area contributed by atoms with Crippen LogP contribution in [0.4, 0.5) is 18.9 Å². The van der Waals surface area contributed by atoms with E-state index in [2.05, 4.69) is 10.7 Å². The molecule has 0 radical (unpaired) electrons. The highest BCUT2D eigenvalue weighted by molar-refractivity contribution is 6.09. The molecule has 0 spiro atoms. The van der Waals surface area contributed by atoms with E-state index in [1.807, 2.05) is 0 Å². The van der Waals surface area contributed by atoms with Crippen LogP contribution in [0.3, 0.4) is 0 Å². The van der Waals surface area contributed by atoms with Crippen molar-refractivity contribution >= 4 is 17.5 Å². The van der Waals surface area contributed by atoms with Crippen molar-refractivity contribution in [3.63, 3.8) is 0 Å². The fourth-order valence-corrected chi connectivity index (χ4v) is 2.98. The SMILES string of the molecule is CN(C)NC(=O)c1cccc(NC(=O)c2ccccc2-c2ccc(C(F)(F)F)cc2)c1. The summed E-state index contributed by atoms with van der Waals surface area (Å²) in [4.78, 5) is 25.0. The molecule has 0 saturated carbocycles. The molecule has 2 amide bonds. The molecule has 31 heavy (non-hydrogen) atoms. The summed E-state index contributed by atoms with van der Waals surface area (Å²) in [5.41, 5.74) is 3.92. The third-order valence-corrected chi connectivity index (χ3v) is 4.40. The molecule has 0 bridgehead atoms. The molecule has 0 aliphatic rings. The van der Waals surface area contributed by atoms with Crippen molar-refractivity contribution in [3.8, 4) is 11.1 Å². The molecule has 8 heteroatoms. The van der Waals surface area contributed by atoms with Gasteiger partial charge < -0.3 is 5.32 Å². The van der Waals surface area contributed by atoms with E-state index in [9.17, 15) is 22.8 Å². The third-order valence-electron chi connectivity index (χ3n) is 4.40. The predicted molar refractivity (Wildman–Crippen MR) is 112 cm³/mol. The number of hydrogen-bond acceptors (Lipinski definition) is 3. The lowest BCUT2D eigenvalue weighted by Gasteiger charge is -2.14. The standard InChI is InChI=1S/C23H20F3N3O2/c1-29(2)28-21(30)16-6-5-7-18(14-16)27-22(31)20-9-4-3-8-19(20)15-10-12-17(13-11-15)23(24,25)26/h3-14H,1-2H3,(H,27,31)(H,28,30). The van der Waals surface area contributed by atoms with Gasteiger partial charge >= 0.3 is 6.18 Å². The number of alkyl halides is 3. The van der Waals surface area contributed by atoms with E-state index in [4.69, 9.17) is 0 Å². The molecular weight excluding hydrogens is 407 g/mol. The molecule has 0 unspecified atom stereocenters. The van der Waals surface area contributed by atoms with Crippen molar-refractivity contribution < 1.29 is 22.8 Å². The molecule has 0 aliphatic carbocycles. The summed E-state index contributed by atoms with van der Waals surface area (Å²) in [7, 11) is 3.36. The number of hydrogen-bond donors (Lipinski definition) is 2. The molecule has 3 rings (SSSR count). The fraction of sp³-hybridized carbons (Fsp3) is 0.130. The van der Waals surface area contributed by atoms with E-state index in [1.54, 1.807) is 56.6 Å². The van der Waals surface area contributed by atoms with Gasteiger partial charge in [0.05, 0.1) is 5.56 Å². The predicted octanol–water partition coefficient (Wildman–Crippen LogP) is 4.83. The lowest BCUT2D eigenvalue weighted by molar-refractivity contribution is -0.137. The highest BCUT2D eigenvalue weighted by Crippen LogP contribution is 2.32. The largest absolute Gasteiger partial charge is 0.416 e. The van der Waals surface area contributed by atoms with Gasteiger partial charge in [0, 0.05) is 30.9 Å². The molecule has 2 N–H and O–H groups in total. The molecule has 0 saturated heterocycles. The van der Waals surface area contributed by atoms with Crippen LogP contribution in [0.1, 0.15) is 26.3 Å². The average Bonchev–Trinajstić information content (AvgIpc) is 2.73. The fourth-order valence-electron chi connectivity index (χ4n) is 2.98. The van der Waals surface area contributed by atoms with Crippen LogP contribution < -0.4 is 10.7 Å². The number of rotatable bonds is 5. The Morgan fingerprint density at radius 3 is 2.16 bits per heavy atom. The van der Waals surface area contributed by atoms with Crippen molar-refractivity contribution in [1.29, 1.82) is 0 Å². The molecule has 0 aromatic heterocycles. The van der Waals surface area contributed by atoms with E-state index >= 15 is 0 Å². The molecule has 5 nitrogen and oxygen atoms in total. The average molecular weight is 427 g/mol. The Morgan fingerprint density at radius 1 is 0.839 bits per heavy atom. The quantitative estimate of drug-likeness (QED) is 0.574. The van der Waals surface area contributed by atoms with Gasteiger partial charge in [-0.15, -0.1) is 0 Å². The van der Waals surface area contributed by atoms with Crippen LogP contribution in [0.25, 0.3) is 11.1 Å². The first kappa shape index (κ1) is 22.0. The zero-order valence-electron chi connectivity index (χ0n) is 16.8. The van der Waals surface area contributed by atoms with Crippen LogP contribution in [-0.2, 0) is 6.18 Å². The Kier molecular flexibility index (Phi) is 6.41. The van der Waals surface area contributed by atoms with Crippen molar-refractivity contribution in [2.75, 3.05) is 19.4 Å². The van der Waals surface area contributed by atoms with Gasteiger partial charge in [-0.05, 0) is 47.5 Å². The van der Waals surface area contributed by atoms with Gasteiger partial charge in [-0.1, -0.05) is 36.4 Å². The monoisotopic (exact) mass is 427 g/mol. The van der Waals surface area contributed by atoms with E-state index in [0.29, 0.717) is 27.9 Å². The van der Waals surface area contributed by atoms with Crippen LogP contribution >= 0.6 is 0 Å². The van der Waals surface area contributed by atoms with Gasteiger partial charge in [0.1, 0.15) is 0 Å². The molecule has 3 aromatic rings. The maximum atomic E-state index is 12.9. The second-order valence-electron chi connectivity index (χ2n) is 6.99. The van der Waals surface area contributed by atoms with Crippen molar-refractivity contribution in [1.82, 2.24) is 10.4 Å². The summed E-state index contributed by atoms with van der Waals surface area (Å²) in [6.45, 7) is 0. The Bertz CT molecular complexity index is 1090. The summed E-state index contributed by atoms with van der Waals surface area (Å²) in [6, 6.07) is 17.7. The number of hydrazine groups is 1. The van der Waals surface area contributed by atoms with E-state index in [0.717, 1.165) is 12.1 Å². The van der Waals surface area contributed by atoms with E-state index in [-0.39, 0.29) is 5.91 Å². The summed E-state index contributed by atoms with van der Waals surface area (Å²) in [5, 5.41) is 4.25. The van der Waals surface area contributed by atoms with E-state index < -0.39 is 17.6 Å². The molecule has 0 aliphatic heterocycles. The maximum Gasteiger partial charge on any atom is 0.416 e. The molecule has 3 aromatic carbocycles. The summed E-state index contributed by atoms with van der Waals surface area (Å²) < 4.78 is 38.5. The normalized spacial score (nSPS) is 11.3. The van der Waals surface area contributed by atoms with Gasteiger partial charge in [0.2, 0.25) is 0 Å². The highest BCUT2D eigenvalue weighted by atomic mass is 19.4. The Labute approximate surface area is 177 Å². The van der Waals surface area contributed by atoms with E-state index in [1.165, 1.54) is 23.2 Å². The Hall–Kier alpha value is -3.65. The lowest BCUT2D eigenvalue weighted by atomic mass is 9.98. The number of anilines is 1. The maximum absolute atomic E-state index is 12.9. The lowest BCUT2D eigenvalue weighted by Crippen LogP contribution is -2.36.